The van der Waals surface area contributed by atoms with Gasteiger partial charge in [-0.25, -0.2) is 16.5 Å². The first-order chi connectivity index (χ1) is 26.4. The number of amides is 2. The fourth-order valence-corrected chi connectivity index (χ4v) is 8.66. The van der Waals surface area contributed by atoms with Crippen molar-refractivity contribution in [1.82, 2.24) is 20.6 Å². The zero-order chi connectivity index (χ0) is 38.1. The van der Waals surface area contributed by atoms with Gasteiger partial charge in [0, 0.05) is 97.9 Å². The lowest BCUT2D eigenvalue weighted by atomic mass is 9.80. The number of aromatic nitrogens is 2. The summed E-state index contributed by atoms with van der Waals surface area (Å²) >= 11 is 3.31. The first kappa shape index (κ1) is 40.5. The smallest absolute Gasteiger partial charge is 0.220 e. The first-order valence-electron chi connectivity index (χ1n) is 18.4. The number of nitrogens with zero attached hydrogens (tertiary/aromatic N) is 4. The Kier molecular flexibility index (Phi) is 15.5. The summed E-state index contributed by atoms with van der Waals surface area (Å²) in [6.07, 6.45) is 5.69. The second kappa shape index (κ2) is 20.7. The molecule has 2 fully saturated rings. The molecule has 14 heteroatoms. The standard InChI is InChI=1S/C20H26N4O3S.C20H23N3O2S/c21-17(24-26)7-4-8-18(25)22-14-20(9-11-27-12-10-20)19-23-16(13-28-19)15-5-2-1-3-6-15;1-21-11-5-8-18(24)22-15-20(9-12-25-13-10-20)19-23-17(14-26-19)16-6-3-2-4-7-16/h1-3,5-6,13,26H,4,7-12,14H2,(H2,21,24)(H,22,25);2-4,6-7,14H,5,8-13,15H2,(H,22,24). The van der Waals surface area contributed by atoms with Crippen LogP contribution in [0.25, 0.3) is 27.4 Å². The second-order valence-corrected chi connectivity index (χ2v) is 15.3. The lowest BCUT2D eigenvalue weighted by molar-refractivity contribution is -0.122. The number of benzene rings is 2. The Morgan fingerprint density at radius 3 is 1.63 bits per heavy atom. The molecule has 5 N–H and O–H groups in total. The summed E-state index contributed by atoms with van der Waals surface area (Å²) in [5.41, 5.74) is 9.25. The highest BCUT2D eigenvalue weighted by atomic mass is 32.1. The quantitative estimate of drug-likeness (QED) is 0.0263. The highest BCUT2D eigenvalue weighted by molar-refractivity contribution is 7.10. The third-order valence-electron chi connectivity index (χ3n) is 9.84. The number of oxime groups is 1. The summed E-state index contributed by atoms with van der Waals surface area (Å²) < 4.78 is 11.1. The lowest BCUT2D eigenvalue weighted by Gasteiger charge is -2.35. The summed E-state index contributed by atoms with van der Waals surface area (Å²) in [4.78, 5) is 37.5. The van der Waals surface area contributed by atoms with Crippen LogP contribution >= 0.6 is 22.7 Å². The van der Waals surface area contributed by atoms with Crippen LogP contribution in [-0.2, 0) is 29.9 Å². The molecule has 0 bridgehead atoms. The molecule has 0 atom stereocenters. The van der Waals surface area contributed by atoms with Crippen LogP contribution in [0.1, 0.15) is 67.8 Å². The molecule has 4 aromatic rings. The van der Waals surface area contributed by atoms with Crippen LogP contribution in [0.2, 0.25) is 0 Å². The molecule has 286 valence electrons. The predicted octanol–water partition coefficient (Wildman–Crippen LogP) is 6.57. The molecule has 2 aromatic heterocycles. The van der Waals surface area contributed by atoms with E-state index in [2.05, 4.69) is 55.7 Å². The van der Waals surface area contributed by atoms with E-state index in [1.807, 2.05) is 36.4 Å². The number of rotatable bonds is 15. The van der Waals surface area contributed by atoms with Gasteiger partial charge >= 0.3 is 0 Å². The molecule has 0 saturated carbocycles. The van der Waals surface area contributed by atoms with Gasteiger partial charge in [-0.3, -0.25) is 9.59 Å². The Bertz CT molecular complexity index is 1830. The predicted molar refractivity (Wildman–Crippen MR) is 213 cm³/mol. The number of nitrogens with one attached hydrogen (secondary N) is 2. The molecular weight excluding hydrogens is 723 g/mol. The number of hydrogen-bond acceptors (Lipinski definition) is 10. The Balaban J connectivity index is 0.000000208. The Morgan fingerprint density at radius 1 is 0.759 bits per heavy atom. The van der Waals surface area contributed by atoms with E-state index >= 15 is 0 Å². The lowest BCUT2D eigenvalue weighted by Crippen LogP contribution is -2.44. The number of amidine groups is 1. The average Bonchev–Trinajstić information content (AvgIpc) is 3.94. The number of nitrogens with two attached hydrogens (primary N) is 1. The van der Waals surface area contributed by atoms with Gasteiger partial charge in [0.2, 0.25) is 18.4 Å². The van der Waals surface area contributed by atoms with Gasteiger partial charge < -0.3 is 35.9 Å². The molecule has 2 aromatic carbocycles. The van der Waals surface area contributed by atoms with Crippen molar-refractivity contribution in [3.05, 3.63) is 92.9 Å². The fraction of sp³-hybridized carbons (Fsp3) is 0.450. The molecule has 4 heterocycles. The molecule has 2 amide bonds. The monoisotopic (exact) mass is 771 g/mol. The Hall–Kier alpha value is -4.68. The largest absolute Gasteiger partial charge is 0.409 e. The van der Waals surface area contributed by atoms with Crippen molar-refractivity contribution in [1.29, 1.82) is 0 Å². The number of thiazole rings is 2. The van der Waals surface area contributed by atoms with Crippen molar-refractivity contribution < 1.29 is 24.3 Å². The van der Waals surface area contributed by atoms with E-state index in [0.717, 1.165) is 58.2 Å². The summed E-state index contributed by atoms with van der Waals surface area (Å²) in [7, 11) is 0. The van der Waals surface area contributed by atoms with Crippen molar-refractivity contribution in [3.63, 3.8) is 0 Å². The van der Waals surface area contributed by atoms with E-state index in [-0.39, 0.29) is 28.5 Å². The molecule has 2 aliphatic heterocycles. The van der Waals surface area contributed by atoms with Crippen LogP contribution in [0.4, 0.5) is 0 Å². The zero-order valence-corrected chi connectivity index (χ0v) is 32.1. The zero-order valence-electron chi connectivity index (χ0n) is 30.5. The third-order valence-corrected chi connectivity index (χ3v) is 12.0. The number of carbonyl (C=O) groups excluding carboxylic acids is 2. The number of hydrogen-bond donors (Lipinski definition) is 4. The van der Waals surface area contributed by atoms with Crippen LogP contribution in [0.5, 0.6) is 0 Å². The van der Waals surface area contributed by atoms with E-state index in [1.165, 1.54) is 0 Å². The molecular formula is C40H49N7O5S2. The van der Waals surface area contributed by atoms with E-state index in [4.69, 9.17) is 37.0 Å². The van der Waals surface area contributed by atoms with Crippen molar-refractivity contribution in [3.8, 4) is 22.5 Å². The topological polar surface area (TPSA) is 165 Å². The molecule has 54 heavy (non-hydrogen) atoms. The van der Waals surface area contributed by atoms with Crippen LogP contribution in [0, 0.1) is 6.57 Å². The third kappa shape index (κ3) is 11.4. The van der Waals surface area contributed by atoms with E-state index in [1.54, 1.807) is 22.7 Å². The summed E-state index contributed by atoms with van der Waals surface area (Å²) in [6.45, 7) is 11.0. The number of ether oxygens (including phenoxy) is 2. The molecule has 0 unspecified atom stereocenters. The van der Waals surface area contributed by atoms with E-state index in [9.17, 15) is 9.59 Å². The highest BCUT2D eigenvalue weighted by Gasteiger charge is 2.39. The van der Waals surface area contributed by atoms with Gasteiger partial charge in [0.1, 0.15) is 15.9 Å². The van der Waals surface area contributed by atoms with Crippen LogP contribution < -0.4 is 16.4 Å². The van der Waals surface area contributed by atoms with Gasteiger partial charge in [-0.2, -0.15) is 0 Å². The molecule has 0 aliphatic carbocycles. The molecule has 0 spiro atoms. The minimum absolute atomic E-state index is 0.0133. The highest BCUT2D eigenvalue weighted by Crippen LogP contribution is 2.39. The van der Waals surface area contributed by atoms with Gasteiger partial charge in [-0.15, -0.1) is 22.7 Å². The Labute approximate surface area is 325 Å². The SMILES string of the molecule is N/C(CCCC(=O)NCC1(c2nc(-c3ccccc3)cs2)CCOCC1)=N\O.[C-]#[N+]CCCC(=O)NCC1(c2nc(-c3ccccc3)cs2)CCOCC1. The molecule has 2 saturated heterocycles. The molecule has 0 radical (unpaired) electrons. The minimum atomic E-state index is -0.197. The minimum Gasteiger partial charge on any atom is -0.409 e. The van der Waals surface area contributed by atoms with Crippen LogP contribution in [0.3, 0.4) is 0 Å². The van der Waals surface area contributed by atoms with E-state index < -0.39 is 0 Å². The first-order valence-corrected chi connectivity index (χ1v) is 20.1. The maximum Gasteiger partial charge on any atom is 0.220 e. The van der Waals surface area contributed by atoms with E-state index in [0.29, 0.717) is 78.2 Å². The molecule has 2 aliphatic rings. The van der Waals surface area contributed by atoms with Crippen molar-refractivity contribution in [2.75, 3.05) is 46.1 Å². The average molecular weight is 772 g/mol. The van der Waals surface area contributed by atoms with Gasteiger partial charge in [0.15, 0.2) is 0 Å². The van der Waals surface area contributed by atoms with Crippen molar-refractivity contribution >= 4 is 40.3 Å². The van der Waals surface area contributed by atoms with Crippen molar-refractivity contribution in [2.45, 2.75) is 68.6 Å². The van der Waals surface area contributed by atoms with Gasteiger partial charge in [0.25, 0.3) is 0 Å². The maximum absolute atomic E-state index is 12.3. The molecule has 12 nitrogen and oxygen atoms in total. The normalized spacial score (nSPS) is 16.3. The maximum atomic E-state index is 12.3. The van der Waals surface area contributed by atoms with Gasteiger partial charge in [-0.05, 0) is 32.1 Å². The fourth-order valence-electron chi connectivity index (χ4n) is 6.49. The Morgan fingerprint density at radius 2 is 1.20 bits per heavy atom. The summed E-state index contributed by atoms with van der Waals surface area (Å²) in [6, 6.07) is 20.3. The summed E-state index contributed by atoms with van der Waals surface area (Å²) in [5, 5.41) is 23.9. The number of carbonyl (C=O) groups is 2. The summed E-state index contributed by atoms with van der Waals surface area (Å²) in [5.74, 6) is 0.126. The molecule has 6 rings (SSSR count). The second-order valence-electron chi connectivity index (χ2n) is 13.6. The van der Waals surface area contributed by atoms with Crippen LogP contribution in [-0.4, -0.2) is 78.9 Å². The van der Waals surface area contributed by atoms with Gasteiger partial charge in [-0.1, -0.05) is 65.8 Å². The van der Waals surface area contributed by atoms with Crippen molar-refractivity contribution in [2.24, 2.45) is 10.9 Å². The van der Waals surface area contributed by atoms with Crippen LogP contribution in [0.15, 0.2) is 76.6 Å². The van der Waals surface area contributed by atoms with Gasteiger partial charge in [0.05, 0.1) is 11.4 Å².